The zero-order valence-electron chi connectivity index (χ0n) is 19.9. The van der Waals surface area contributed by atoms with Crippen molar-refractivity contribution < 1.29 is 14.3 Å². The second kappa shape index (κ2) is 10.0. The van der Waals surface area contributed by atoms with E-state index in [1.54, 1.807) is 37.0 Å². The van der Waals surface area contributed by atoms with Crippen LogP contribution in [0.5, 0.6) is 11.5 Å². The maximum Gasteiger partial charge on any atom is 0.283 e. The Morgan fingerprint density at radius 2 is 1.77 bits per heavy atom. The first-order valence-electron chi connectivity index (χ1n) is 11.8. The molecule has 0 aliphatic carbocycles. The van der Waals surface area contributed by atoms with Crippen molar-refractivity contribution >= 4 is 39.6 Å². The Labute approximate surface area is 207 Å². The molecule has 0 saturated carbocycles. The van der Waals surface area contributed by atoms with Crippen LogP contribution in [0.25, 0.3) is 27.6 Å². The molecule has 3 heterocycles. The van der Waals surface area contributed by atoms with Crippen LogP contribution in [0.4, 0.5) is 0 Å². The largest absolute Gasteiger partial charge is 0.493 e. The highest BCUT2D eigenvalue weighted by atomic mass is 32.2. The van der Waals surface area contributed by atoms with Gasteiger partial charge in [0.25, 0.3) is 5.56 Å². The van der Waals surface area contributed by atoms with Gasteiger partial charge in [-0.15, -0.1) is 0 Å². The Balaban J connectivity index is 1.61. The van der Waals surface area contributed by atoms with Crippen LogP contribution >= 0.6 is 11.8 Å². The van der Waals surface area contributed by atoms with Gasteiger partial charge in [0.1, 0.15) is 11.0 Å². The molecule has 5 rings (SSSR count). The first-order valence-corrected chi connectivity index (χ1v) is 12.8. The third-order valence-electron chi connectivity index (χ3n) is 6.40. The number of nitrogens with zero attached hydrogens (tertiary/aromatic N) is 3. The fourth-order valence-electron chi connectivity index (χ4n) is 4.57. The molecule has 1 aliphatic heterocycles. The van der Waals surface area contributed by atoms with Crippen LogP contribution < -0.4 is 15.0 Å². The van der Waals surface area contributed by atoms with Crippen LogP contribution in [0, 0.1) is 0 Å². The van der Waals surface area contributed by atoms with Gasteiger partial charge in [0.05, 0.1) is 25.7 Å². The summed E-state index contributed by atoms with van der Waals surface area (Å²) >= 11 is 1.29. The van der Waals surface area contributed by atoms with E-state index in [1.807, 2.05) is 29.2 Å². The van der Waals surface area contributed by atoms with E-state index >= 15 is 0 Å². The number of nitrogens with one attached hydrogen (secondary N) is 1. The van der Waals surface area contributed by atoms with Crippen LogP contribution in [-0.4, -0.2) is 58.4 Å². The van der Waals surface area contributed by atoms with E-state index in [0.717, 1.165) is 49.7 Å². The lowest BCUT2D eigenvalue weighted by Crippen LogP contribution is -2.33. The number of ether oxygens (including phenoxy) is 2. The number of thioether (sulfide) groups is 1. The molecule has 35 heavy (non-hydrogen) atoms. The highest BCUT2D eigenvalue weighted by molar-refractivity contribution is 7.99. The summed E-state index contributed by atoms with van der Waals surface area (Å²) in [6.45, 7) is 1.58. The quantitative estimate of drug-likeness (QED) is 0.317. The molecule has 0 spiro atoms. The van der Waals surface area contributed by atoms with Gasteiger partial charge >= 0.3 is 0 Å². The average molecular weight is 493 g/mol. The normalized spacial score (nSPS) is 14.3. The van der Waals surface area contributed by atoms with Gasteiger partial charge in [0.2, 0.25) is 5.91 Å². The molecule has 0 unspecified atom stereocenters. The van der Waals surface area contributed by atoms with Crippen molar-refractivity contribution in [3.05, 3.63) is 52.8 Å². The van der Waals surface area contributed by atoms with E-state index in [2.05, 4.69) is 4.98 Å². The summed E-state index contributed by atoms with van der Waals surface area (Å²) in [4.78, 5) is 36.8. The molecule has 0 radical (unpaired) electrons. The number of carbonyl (C=O) groups is 1. The van der Waals surface area contributed by atoms with Crippen molar-refractivity contribution in [2.45, 2.75) is 30.8 Å². The van der Waals surface area contributed by atoms with Crippen LogP contribution in [0.2, 0.25) is 0 Å². The van der Waals surface area contributed by atoms with E-state index < -0.39 is 0 Å². The molecule has 0 atom stereocenters. The molecule has 0 bridgehead atoms. The number of benzene rings is 2. The van der Waals surface area contributed by atoms with Crippen molar-refractivity contribution in [2.24, 2.45) is 0 Å². The van der Waals surface area contributed by atoms with Crippen molar-refractivity contribution in [2.75, 3.05) is 33.1 Å². The third kappa shape index (κ3) is 4.48. The number of rotatable bonds is 6. The zero-order valence-corrected chi connectivity index (χ0v) is 20.7. The van der Waals surface area contributed by atoms with E-state index in [4.69, 9.17) is 14.5 Å². The molecule has 1 amide bonds. The lowest BCUT2D eigenvalue weighted by molar-refractivity contribution is -0.128. The summed E-state index contributed by atoms with van der Waals surface area (Å²) in [5.74, 6) is 1.36. The Morgan fingerprint density at radius 1 is 1.03 bits per heavy atom. The number of para-hydroxylation sites is 1. The number of aromatic amines is 1. The van der Waals surface area contributed by atoms with Crippen LogP contribution in [0.1, 0.15) is 25.7 Å². The molecule has 9 heteroatoms. The molecule has 1 fully saturated rings. The van der Waals surface area contributed by atoms with E-state index in [1.165, 1.54) is 11.8 Å². The second-order valence-electron chi connectivity index (χ2n) is 8.55. The predicted octanol–water partition coefficient (Wildman–Crippen LogP) is 4.38. The van der Waals surface area contributed by atoms with Gasteiger partial charge in [0, 0.05) is 30.1 Å². The van der Waals surface area contributed by atoms with Crippen LogP contribution in [0.3, 0.4) is 0 Å². The van der Waals surface area contributed by atoms with Gasteiger partial charge in [-0.05, 0) is 31.0 Å². The van der Waals surface area contributed by atoms with Gasteiger partial charge in [-0.3, -0.25) is 14.2 Å². The lowest BCUT2D eigenvalue weighted by atomic mass is 10.2. The number of amides is 1. The maximum atomic E-state index is 13.8. The number of hydrogen-bond donors (Lipinski definition) is 1. The van der Waals surface area contributed by atoms with Gasteiger partial charge in [-0.2, -0.15) is 0 Å². The molecule has 4 aromatic rings. The number of methoxy groups -OCH3 is 2. The monoisotopic (exact) mass is 492 g/mol. The highest BCUT2D eigenvalue weighted by Crippen LogP contribution is 2.31. The van der Waals surface area contributed by atoms with Gasteiger partial charge < -0.3 is 19.4 Å². The maximum absolute atomic E-state index is 13.8. The first-order chi connectivity index (χ1) is 17.1. The van der Waals surface area contributed by atoms with Gasteiger partial charge in [0.15, 0.2) is 16.7 Å². The van der Waals surface area contributed by atoms with Crippen molar-refractivity contribution in [3.8, 4) is 17.2 Å². The number of carbonyl (C=O) groups excluding carboxylic acids is 1. The SMILES string of the molecule is COc1ccc(-n2c(SCC(=O)N3CCCCCC3)nc3c([nH]c4ccccc43)c2=O)cc1OC. The molecular formula is C26H28N4O4S. The molecule has 1 saturated heterocycles. The number of H-pyrrole nitrogens is 1. The summed E-state index contributed by atoms with van der Waals surface area (Å²) in [6.07, 6.45) is 4.39. The van der Waals surface area contributed by atoms with Crippen molar-refractivity contribution in [3.63, 3.8) is 0 Å². The Hall–Kier alpha value is -3.46. The van der Waals surface area contributed by atoms with E-state index in [9.17, 15) is 9.59 Å². The molecule has 1 N–H and O–H groups in total. The highest BCUT2D eigenvalue weighted by Gasteiger charge is 2.21. The Kier molecular flexibility index (Phi) is 6.68. The first kappa shape index (κ1) is 23.3. The Bertz CT molecular complexity index is 1440. The van der Waals surface area contributed by atoms with Crippen molar-refractivity contribution in [1.82, 2.24) is 19.4 Å². The van der Waals surface area contributed by atoms with Gasteiger partial charge in [-0.1, -0.05) is 42.8 Å². The topological polar surface area (TPSA) is 89.5 Å². The molecular weight excluding hydrogens is 464 g/mol. The number of hydrogen-bond acceptors (Lipinski definition) is 6. The fraction of sp³-hybridized carbons (Fsp3) is 0.346. The van der Waals surface area contributed by atoms with E-state index in [0.29, 0.717) is 33.4 Å². The third-order valence-corrected chi connectivity index (χ3v) is 7.33. The molecule has 2 aromatic carbocycles. The summed E-state index contributed by atoms with van der Waals surface area (Å²) in [7, 11) is 3.12. The minimum Gasteiger partial charge on any atom is -0.493 e. The Morgan fingerprint density at radius 3 is 2.51 bits per heavy atom. The van der Waals surface area contributed by atoms with Crippen LogP contribution in [-0.2, 0) is 4.79 Å². The van der Waals surface area contributed by atoms with E-state index in [-0.39, 0.29) is 17.2 Å². The lowest BCUT2D eigenvalue weighted by Gasteiger charge is -2.20. The summed E-state index contributed by atoms with van der Waals surface area (Å²) in [5, 5.41) is 1.34. The van der Waals surface area contributed by atoms with Crippen LogP contribution in [0.15, 0.2) is 52.4 Å². The minimum atomic E-state index is -0.233. The molecule has 8 nitrogen and oxygen atoms in total. The summed E-state index contributed by atoms with van der Waals surface area (Å²) in [6, 6.07) is 13.0. The number of likely N-dealkylation sites (tertiary alicyclic amines) is 1. The fourth-order valence-corrected chi connectivity index (χ4v) is 5.48. The smallest absolute Gasteiger partial charge is 0.283 e. The standard InChI is InChI=1S/C26H28N4O4S/c1-33-20-12-11-17(15-21(20)34-2)30-25(32)24-23(18-9-5-6-10-19(18)27-24)28-26(30)35-16-22(31)29-13-7-3-4-8-14-29/h5-6,9-12,15,27H,3-4,7-8,13-14,16H2,1-2H3. The number of fused-ring (bicyclic) bond motifs is 3. The van der Waals surface area contributed by atoms with Gasteiger partial charge in [-0.25, -0.2) is 4.98 Å². The zero-order chi connectivity index (χ0) is 24.4. The predicted molar refractivity (Wildman–Crippen MR) is 138 cm³/mol. The summed E-state index contributed by atoms with van der Waals surface area (Å²) < 4.78 is 12.4. The number of aromatic nitrogens is 3. The second-order valence-corrected chi connectivity index (χ2v) is 9.49. The molecule has 2 aromatic heterocycles. The average Bonchev–Trinajstić information content (AvgIpc) is 3.05. The van der Waals surface area contributed by atoms with Crippen molar-refractivity contribution in [1.29, 1.82) is 0 Å². The minimum absolute atomic E-state index is 0.0732. The summed E-state index contributed by atoms with van der Waals surface area (Å²) in [5.41, 5.74) is 2.22. The molecule has 182 valence electrons. The molecule has 1 aliphatic rings.